The topological polar surface area (TPSA) is 15.3 Å². The van der Waals surface area contributed by atoms with Gasteiger partial charge >= 0.3 is 0 Å². The molecule has 0 spiro atoms. The van der Waals surface area contributed by atoms with E-state index < -0.39 is 0 Å². The summed E-state index contributed by atoms with van der Waals surface area (Å²) in [4.78, 5) is 2.22. The molecule has 0 fully saturated rings. The number of nitrogens with one attached hydrogen (secondary N) is 1. The van der Waals surface area contributed by atoms with Crippen molar-refractivity contribution < 1.29 is 0 Å². The van der Waals surface area contributed by atoms with Crippen molar-refractivity contribution in [1.29, 1.82) is 0 Å². The van der Waals surface area contributed by atoms with E-state index in [2.05, 4.69) is 78.9 Å². The lowest BCUT2D eigenvalue weighted by atomic mass is 10.1. The van der Waals surface area contributed by atoms with Gasteiger partial charge in [-0.15, -0.1) is 0 Å². The maximum Gasteiger partial charge on any atom is 0.0230 e. The van der Waals surface area contributed by atoms with Crippen molar-refractivity contribution in [2.75, 3.05) is 20.6 Å². The molecule has 0 bridgehead atoms. The van der Waals surface area contributed by atoms with Crippen LogP contribution in [0, 0.1) is 0 Å². The maximum atomic E-state index is 3.57. The predicted octanol–water partition coefficient (Wildman–Crippen LogP) is 3.47. The number of nitrogens with zero attached hydrogens (tertiary/aromatic N) is 1. The molecular weight excluding hydrogens is 256 g/mol. The second-order valence-corrected chi connectivity index (χ2v) is 5.77. The molecule has 0 aliphatic carbocycles. The van der Waals surface area contributed by atoms with Crippen LogP contribution in [0.5, 0.6) is 0 Å². The van der Waals surface area contributed by atoms with Gasteiger partial charge in [-0.05, 0) is 50.2 Å². The van der Waals surface area contributed by atoms with Crippen LogP contribution in [0.4, 0.5) is 0 Å². The predicted molar refractivity (Wildman–Crippen MR) is 90.3 cm³/mol. The number of rotatable bonds is 8. The van der Waals surface area contributed by atoms with Gasteiger partial charge in [0, 0.05) is 13.1 Å². The molecule has 112 valence electrons. The lowest BCUT2D eigenvalue weighted by Crippen LogP contribution is -2.18. The average Bonchev–Trinajstić information content (AvgIpc) is 2.49. The normalized spacial score (nSPS) is 11.0. The first-order chi connectivity index (χ1) is 10.3. The largest absolute Gasteiger partial charge is 0.313 e. The minimum absolute atomic E-state index is 0.957. The summed E-state index contributed by atoms with van der Waals surface area (Å²) in [6.45, 7) is 3.02. The Balaban J connectivity index is 1.73. The standard InChI is InChI=1S/C19H26N2/c1-21(2)16-19-13-7-6-12-18(19)15-20-14-8-11-17-9-4-3-5-10-17/h3-7,9-10,12-13,20H,8,11,14-16H2,1-2H3. The molecule has 0 atom stereocenters. The highest BCUT2D eigenvalue weighted by Crippen LogP contribution is 2.10. The van der Waals surface area contributed by atoms with E-state index in [9.17, 15) is 0 Å². The van der Waals surface area contributed by atoms with Gasteiger partial charge in [-0.25, -0.2) is 0 Å². The van der Waals surface area contributed by atoms with E-state index in [1.165, 1.54) is 23.1 Å². The molecule has 1 N–H and O–H groups in total. The van der Waals surface area contributed by atoms with Crippen LogP contribution in [0.15, 0.2) is 54.6 Å². The van der Waals surface area contributed by atoms with Crippen molar-refractivity contribution in [2.45, 2.75) is 25.9 Å². The minimum atomic E-state index is 0.957. The summed E-state index contributed by atoms with van der Waals surface area (Å²) in [7, 11) is 4.23. The minimum Gasteiger partial charge on any atom is -0.313 e. The van der Waals surface area contributed by atoms with E-state index >= 15 is 0 Å². The molecule has 0 unspecified atom stereocenters. The Bertz CT molecular complexity index is 520. The average molecular weight is 282 g/mol. The van der Waals surface area contributed by atoms with E-state index in [4.69, 9.17) is 0 Å². The second kappa shape index (κ2) is 8.60. The van der Waals surface area contributed by atoms with Gasteiger partial charge in [-0.1, -0.05) is 54.6 Å². The summed E-state index contributed by atoms with van der Waals surface area (Å²) in [6.07, 6.45) is 2.33. The van der Waals surface area contributed by atoms with E-state index in [-0.39, 0.29) is 0 Å². The van der Waals surface area contributed by atoms with Gasteiger partial charge in [0.15, 0.2) is 0 Å². The second-order valence-electron chi connectivity index (χ2n) is 5.77. The van der Waals surface area contributed by atoms with Crippen molar-refractivity contribution >= 4 is 0 Å². The summed E-state index contributed by atoms with van der Waals surface area (Å²) in [5, 5.41) is 3.57. The van der Waals surface area contributed by atoms with Crippen molar-refractivity contribution in [3.8, 4) is 0 Å². The molecule has 0 radical (unpaired) electrons. The number of benzene rings is 2. The Morgan fingerprint density at radius 3 is 2.24 bits per heavy atom. The molecule has 2 aromatic carbocycles. The highest BCUT2D eigenvalue weighted by molar-refractivity contribution is 5.26. The summed E-state index contributed by atoms with van der Waals surface area (Å²) >= 11 is 0. The fourth-order valence-corrected chi connectivity index (χ4v) is 2.51. The molecule has 0 heterocycles. The van der Waals surface area contributed by atoms with Gasteiger partial charge in [0.2, 0.25) is 0 Å². The Morgan fingerprint density at radius 1 is 0.857 bits per heavy atom. The van der Waals surface area contributed by atoms with Crippen molar-refractivity contribution in [3.63, 3.8) is 0 Å². The monoisotopic (exact) mass is 282 g/mol. The SMILES string of the molecule is CN(C)Cc1ccccc1CNCCCc1ccccc1. The first-order valence-corrected chi connectivity index (χ1v) is 7.72. The molecule has 0 aliphatic heterocycles. The van der Waals surface area contributed by atoms with Gasteiger partial charge in [-0.2, -0.15) is 0 Å². The molecule has 21 heavy (non-hydrogen) atoms. The Morgan fingerprint density at radius 2 is 1.52 bits per heavy atom. The maximum absolute atomic E-state index is 3.57. The zero-order valence-corrected chi connectivity index (χ0v) is 13.2. The Kier molecular flexibility index (Phi) is 6.45. The molecule has 2 aromatic rings. The van der Waals surface area contributed by atoms with Crippen LogP contribution >= 0.6 is 0 Å². The molecular formula is C19H26N2. The van der Waals surface area contributed by atoms with Crippen LogP contribution in [0.3, 0.4) is 0 Å². The molecule has 2 nitrogen and oxygen atoms in total. The fourth-order valence-electron chi connectivity index (χ4n) is 2.51. The van der Waals surface area contributed by atoms with Crippen LogP contribution in [-0.2, 0) is 19.5 Å². The third-order valence-corrected chi connectivity index (χ3v) is 3.58. The van der Waals surface area contributed by atoms with E-state index in [0.29, 0.717) is 0 Å². The third-order valence-electron chi connectivity index (χ3n) is 3.58. The summed E-state index contributed by atoms with van der Waals surface area (Å²) < 4.78 is 0. The zero-order valence-electron chi connectivity index (χ0n) is 13.2. The summed E-state index contributed by atoms with van der Waals surface area (Å²) in [5.41, 5.74) is 4.25. The number of aryl methyl sites for hydroxylation is 1. The third kappa shape index (κ3) is 5.70. The zero-order chi connectivity index (χ0) is 14.9. The van der Waals surface area contributed by atoms with Crippen LogP contribution in [-0.4, -0.2) is 25.5 Å². The van der Waals surface area contributed by atoms with Crippen LogP contribution < -0.4 is 5.32 Å². The molecule has 0 aromatic heterocycles. The Hall–Kier alpha value is -1.64. The molecule has 2 heteroatoms. The van der Waals surface area contributed by atoms with Crippen LogP contribution in [0.1, 0.15) is 23.1 Å². The number of hydrogen-bond acceptors (Lipinski definition) is 2. The highest BCUT2D eigenvalue weighted by Gasteiger charge is 2.02. The van der Waals surface area contributed by atoms with Crippen LogP contribution in [0.25, 0.3) is 0 Å². The van der Waals surface area contributed by atoms with Gasteiger partial charge in [-0.3, -0.25) is 0 Å². The first-order valence-electron chi connectivity index (χ1n) is 7.72. The van der Waals surface area contributed by atoms with E-state index in [0.717, 1.165) is 26.1 Å². The lowest BCUT2D eigenvalue weighted by molar-refractivity contribution is 0.400. The lowest BCUT2D eigenvalue weighted by Gasteiger charge is -2.14. The molecule has 0 aliphatic rings. The van der Waals surface area contributed by atoms with Crippen molar-refractivity contribution in [3.05, 3.63) is 71.3 Å². The first kappa shape index (κ1) is 15.7. The van der Waals surface area contributed by atoms with E-state index in [1.807, 2.05) is 0 Å². The van der Waals surface area contributed by atoms with Crippen molar-refractivity contribution in [2.24, 2.45) is 0 Å². The van der Waals surface area contributed by atoms with Crippen LogP contribution in [0.2, 0.25) is 0 Å². The molecule has 0 amide bonds. The fraction of sp³-hybridized carbons (Fsp3) is 0.368. The van der Waals surface area contributed by atoms with Gasteiger partial charge in [0.25, 0.3) is 0 Å². The quantitative estimate of drug-likeness (QED) is 0.746. The van der Waals surface area contributed by atoms with Crippen molar-refractivity contribution in [1.82, 2.24) is 10.2 Å². The summed E-state index contributed by atoms with van der Waals surface area (Å²) in [5.74, 6) is 0. The van der Waals surface area contributed by atoms with Gasteiger partial charge in [0.1, 0.15) is 0 Å². The molecule has 0 saturated carbocycles. The highest BCUT2D eigenvalue weighted by atomic mass is 15.0. The smallest absolute Gasteiger partial charge is 0.0230 e. The molecule has 2 rings (SSSR count). The number of hydrogen-bond donors (Lipinski definition) is 1. The molecule has 0 saturated heterocycles. The van der Waals surface area contributed by atoms with Gasteiger partial charge < -0.3 is 10.2 Å². The summed E-state index contributed by atoms with van der Waals surface area (Å²) in [6, 6.07) is 19.4. The van der Waals surface area contributed by atoms with E-state index in [1.54, 1.807) is 0 Å². The Labute approximate surface area is 128 Å². The van der Waals surface area contributed by atoms with Gasteiger partial charge in [0.05, 0.1) is 0 Å².